The Balaban J connectivity index is 2.80. The number of hydrogen-bond donors (Lipinski definition) is 1. The number of nitrogens with zero attached hydrogens (tertiary/aromatic N) is 1. The molecule has 0 heterocycles. The van der Waals surface area contributed by atoms with Crippen molar-refractivity contribution < 1.29 is 14.3 Å². The van der Waals surface area contributed by atoms with Crippen molar-refractivity contribution >= 4 is 29.1 Å². The number of halogens is 1. The second kappa shape index (κ2) is 8.63. The second-order valence-corrected chi connectivity index (χ2v) is 5.87. The molecular weight excluding hydrogens is 304 g/mol. The summed E-state index contributed by atoms with van der Waals surface area (Å²) in [4.78, 5) is 25.2. The van der Waals surface area contributed by atoms with Gasteiger partial charge in [-0.3, -0.25) is 9.59 Å². The smallest absolute Gasteiger partial charge is 0.223 e. The zero-order valence-corrected chi connectivity index (χ0v) is 14.2. The van der Waals surface area contributed by atoms with Crippen LogP contribution in [-0.4, -0.2) is 32.0 Å². The lowest BCUT2D eigenvalue weighted by atomic mass is 10.2. The van der Waals surface area contributed by atoms with Crippen molar-refractivity contribution in [2.24, 2.45) is 5.92 Å². The van der Waals surface area contributed by atoms with E-state index in [9.17, 15) is 9.59 Å². The summed E-state index contributed by atoms with van der Waals surface area (Å²) < 4.78 is 5.26. The van der Waals surface area contributed by atoms with Gasteiger partial charge in [0.1, 0.15) is 5.75 Å². The van der Waals surface area contributed by atoms with E-state index in [-0.39, 0.29) is 24.8 Å². The molecule has 0 radical (unpaired) electrons. The first-order chi connectivity index (χ1) is 10.3. The summed E-state index contributed by atoms with van der Waals surface area (Å²) in [6.07, 6.45) is 0.224. The van der Waals surface area contributed by atoms with E-state index in [1.165, 1.54) is 18.9 Å². The number of benzene rings is 1. The van der Waals surface area contributed by atoms with Crippen LogP contribution in [0.5, 0.6) is 5.75 Å². The molecule has 0 fully saturated rings. The van der Waals surface area contributed by atoms with E-state index in [0.717, 1.165) is 0 Å². The summed E-state index contributed by atoms with van der Waals surface area (Å²) in [5, 5.41) is 3.34. The van der Waals surface area contributed by atoms with Crippen LogP contribution < -0.4 is 15.0 Å². The summed E-state index contributed by atoms with van der Waals surface area (Å²) in [7, 11) is 1.53. The zero-order valence-electron chi connectivity index (χ0n) is 13.5. The van der Waals surface area contributed by atoms with Gasteiger partial charge in [-0.15, -0.1) is 0 Å². The van der Waals surface area contributed by atoms with Crippen molar-refractivity contribution in [2.75, 3.05) is 25.1 Å². The maximum absolute atomic E-state index is 11.9. The zero-order chi connectivity index (χ0) is 16.7. The summed E-state index contributed by atoms with van der Waals surface area (Å²) in [6.45, 7) is 6.40. The SMILES string of the molecule is COc1ccc(Cl)cc1N(CCC(=O)NCC(C)C)C(C)=O. The van der Waals surface area contributed by atoms with Gasteiger partial charge in [-0.1, -0.05) is 25.4 Å². The summed E-state index contributed by atoms with van der Waals surface area (Å²) in [5.41, 5.74) is 0.569. The van der Waals surface area contributed by atoms with E-state index in [1.54, 1.807) is 18.2 Å². The van der Waals surface area contributed by atoms with Gasteiger partial charge in [-0.05, 0) is 24.1 Å². The van der Waals surface area contributed by atoms with Crippen LogP contribution in [0, 0.1) is 5.92 Å². The first kappa shape index (κ1) is 18.3. The Kier molecular flexibility index (Phi) is 7.18. The molecule has 1 rings (SSSR count). The molecule has 5 nitrogen and oxygen atoms in total. The third-order valence-electron chi connectivity index (χ3n) is 3.08. The van der Waals surface area contributed by atoms with Crippen LogP contribution in [0.25, 0.3) is 0 Å². The number of hydrogen-bond acceptors (Lipinski definition) is 3. The highest BCUT2D eigenvalue weighted by Crippen LogP contribution is 2.31. The molecule has 0 atom stereocenters. The van der Waals surface area contributed by atoms with Crippen molar-refractivity contribution in [1.29, 1.82) is 0 Å². The van der Waals surface area contributed by atoms with Crippen molar-refractivity contribution in [2.45, 2.75) is 27.2 Å². The predicted octanol–water partition coefficient (Wildman–Crippen LogP) is 2.86. The van der Waals surface area contributed by atoms with E-state index in [1.807, 2.05) is 13.8 Å². The molecule has 0 bridgehead atoms. The Morgan fingerprint density at radius 1 is 1.36 bits per heavy atom. The molecule has 0 unspecified atom stereocenters. The van der Waals surface area contributed by atoms with Crippen molar-refractivity contribution in [3.8, 4) is 5.75 Å². The molecule has 1 aromatic rings. The fraction of sp³-hybridized carbons (Fsp3) is 0.500. The van der Waals surface area contributed by atoms with Gasteiger partial charge in [0.2, 0.25) is 11.8 Å². The van der Waals surface area contributed by atoms with E-state index in [0.29, 0.717) is 28.9 Å². The molecule has 0 aliphatic heterocycles. The fourth-order valence-corrected chi connectivity index (χ4v) is 2.11. The van der Waals surface area contributed by atoms with Gasteiger partial charge in [-0.2, -0.15) is 0 Å². The van der Waals surface area contributed by atoms with E-state index >= 15 is 0 Å². The Bertz CT molecular complexity index is 532. The number of nitrogens with one attached hydrogen (secondary N) is 1. The van der Waals surface area contributed by atoms with Crippen LogP contribution in [0.4, 0.5) is 5.69 Å². The molecule has 0 aliphatic rings. The summed E-state index contributed by atoms with van der Waals surface area (Å²) >= 11 is 6.00. The standard InChI is InChI=1S/C16H23ClN2O3/c1-11(2)10-18-16(21)7-8-19(12(3)20)14-9-13(17)5-6-15(14)22-4/h5-6,9,11H,7-8,10H2,1-4H3,(H,18,21). The minimum atomic E-state index is -0.169. The predicted molar refractivity (Wildman–Crippen MR) is 88.5 cm³/mol. The fourth-order valence-electron chi connectivity index (χ4n) is 1.94. The van der Waals surface area contributed by atoms with Gasteiger partial charge < -0.3 is 15.0 Å². The van der Waals surface area contributed by atoms with Gasteiger partial charge >= 0.3 is 0 Å². The number of rotatable bonds is 7. The van der Waals surface area contributed by atoms with Crippen molar-refractivity contribution in [3.05, 3.63) is 23.2 Å². The third-order valence-corrected chi connectivity index (χ3v) is 3.32. The lowest BCUT2D eigenvalue weighted by Gasteiger charge is -2.23. The largest absolute Gasteiger partial charge is 0.495 e. The molecule has 1 N–H and O–H groups in total. The average Bonchev–Trinajstić information content (AvgIpc) is 2.45. The first-order valence-corrected chi connectivity index (χ1v) is 7.61. The molecule has 0 saturated carbocycles. The minimum Gasteiger partial charge on any atom is -0.495 e. The molecule has 1 aromatic carbocycles. The van der Waals surface area contributed by atoms with Gasteiger partial charge in [0, 0.05) is 31.5 Å². The van der Waals surface area contributed by atoms with E-state index < -0.39 is 0 Å². The summed E-state index contributed by atoms with van der Waals surface area (Å²) in [5.74, 6) is 0.682. The lowest BCUT2D eigenvalue weighted by Crippen LogP contribution is -2.35. The maximum atomic E-state index is 11.9. The summed E-state index contributed by atoms with van der Waals surface area (Å²) in [6, 6.07) is 5.05. The molecule has 6 heteroatoms. The number of methoxy groups -OCH3 is 1. The maximum Gasteiger partial charge on any atom is 0.223 e. The Hall–Kier alpha value is -1.75. The average molecular weight is 327 g/mol. The highest BCUT2D eigenvalue weighted by Gasteiger charge is 2.18. The minimum absolute atomic E-state index is 0.0825. The first-order valence-electron chi connectivity index (χ1n) is 7.23. The molecule has 0 spiro atoms. The van der Waals surface area contributed by atoms with Crippen molar-refractivity contribution in [3.63, 3.8) is 0 Å². The van der Waals surface area contributed by atoms with Gasteiger partial charge in [0.15, 0.2) is 0 Å². The van der Waals surface area contributed by atoms with Crippen LogP contribution in [0.15, 0.2) is 18.2 Å². The van der Waals surface area contributed by atoms with E-state index in [4.69, 9.17) is 16.3 Å². The lowest BCUT2D eigenvalue weighted by molar-refractivity contribution is -0.121. The van der Waals surface area contributed by atoms with E-state index in [2.05, 4.69) is 5.32 Å². The quantitative estimate of drug-likeness (QED) is 0.838. The molecule has 0 aromatic heterocycles. The second-order valence-electron chi connectivity index (χ2n) is 5.43. The van der Waals surface area contributed by atoms with Gasteiger partial charge in [0.25, 0.3) is 0 Å². The van der Waals surface area contributed by atoms with Crippen LogP contribution in [0.1, 0.15) is 27.2 Å². The van der Waals surface area contributed by atoms with Crippen LogP contribution in [0.3, 0.4) is 0 Å². The molecule has 22 heavy (non-hydrogen) atoms. The third kappa shape index (κ3) is 5.56. The van der Waals surface area contributed by atoms with Crippen LogP contribution in [0.2, 0.25) is 5.02 Å². The highest BCUT2D eigenvalue weighted by atomic mass is 35.5. The normalized spacial score (nSPS) is 10.5. The van der Waals surface area contributed by atoms with Gasteiger partial charge in [-0.25, -0.2) is 0 Å². The van der Waals surface area contributed by atoms with Crippen molar-refractivity contribution in [1.82, 2.24) is 5.32 Å². The Morgan fingerprint density at radius 2 is 2.05 bits per heavy atom. The Labute approximate surface area is 136 Å². The monoisotopic (exact) mass is 326 g/mol. The molecule has 0 aliphatic carbocycles. The highest BCUT2D eigenvalue weighted by molar-refractivity contribution is 6.31. The molecule has 122 valence electrons. The molecule has 0 saturated heterocycles. The van der Waals surface area contributed by atoms with Crippen LogP contribution in [-0.2, 0) is 9.59 Å². The number of carbonyl (C=O) groups is 2. The number of carbonyl (C=O) groups excluding carboxylic acids is 2. The van der Waals surface area contributed by atoms with Crippen LogP contribution >= 0.6 is 11.6 Å². The molecule has 2 amide bonds. The van der Waals surface area contributed by atoms with Gasteiger partial charge in [0.05, 0.1) is 12.8 Å². The number of amides is 2. The Morgan fingerprint density at radius 3 is 2.59 bits per heavy atom. The molecular formula is C16H23ClN2O3. The topological polar surface area (TPSA) is 58.6 Å². The number of ether oxygens (including phenoxy) is 1. The number of anilines is 1.